The van der Waals surface area contributed by atoms with Crippen LogP contribution in [0.4, 0.5) is 0 Å². The van der Waals surface area contributed by atoms with Crippen molar-refractivity contribution in [3.8, 4) is 28.4 Å². The average Bonchev–Trinajstić information content (AvgIpc) is 3.55. The molecular weight excluding hydrogens is 442 g/mol. The van der Waals surface area contributed by atoms with E-state index in [1.807, 2.05) is 36.4 Å². The van der Waals surface area contributed by atoms with Gasteiger partial charge in [-0.2, -0.15) is 4.98 Å². The normalized spacial score (nSPS) is 24.3. The lowest BCUT2D eigenvalue weighted by Gasteiger charge is -2.15. The van der Waals surface area contributed by atoms with Gasteiger partial charge in [-0.15, -0.1) is 0 Å². The van der Waals surface area contributed by atoms with Gasteiger partial charge in [0.15, 0.2) is 11.8 Å². The van der Waals surface area contributed by atoms with Crippen LogP contribution in [0.15, 0.2) is 60.7 Å². The highest BCUT2D eigenvalue weighted by atomic mass is 35.5. The van der Waals surface area contributed by atoms with Gasteiger partial charge in [0.1, 0.15) is 18.3 Å². The SMILES string of the molecule is CO[C@@H]1CO[C@H]2[C@@H]1OC[C@H]2Oc1nc2nc(-c3ccc(-c4ccccc4)cc3)c(Cl)cc2[nH]1. The fourth-order valence-corrected chi connectivity index (χ4v) is 4.74. The van der Waals surface area contributed by atoms with E-state index < -0.39 is 0 Å². The summed E-state index contributed by atoms with van der Waals surface area (Å²) in [7, 11) is 1.66. The monoisotopic (exact) mass is 463 g/mol. The summed E-state index contributed by atoms with van der Waals surface area (Å²) in [5.74, 6) is 0. The standard InChI is InChI=1S/C25H22ClN3O4/c1-30-19-12-31-23-20(13-32-22(19)23)33-25-27-18-11-17(26)21(28-24(18)29-25)16-9-7-15(8-10-16)14-5-3-2-4-6-14/h2-11,19-20,22-23H,12-13H2,1H3,(H,27,28,29)/t19-,20-,22-,23-/m1/s1. The van der Waals surface area contributed by atoms with E-state index in [1.165, 1.54) is 0 Å². The molecule has 0 radical (unpaired) electrons. The number of nitrogens with one attached hydrogen (secondary N) is 1. The number of aromatic nitrogens is 3. The molecule has 2 fully saturated rings. The first-order valence-corrected chi connectivity index (χ1v) is 11.2. The van der Waals surface area contributed by atoms with Gasteiger partial charge in [0, 0.05) is 12.7 Å². The molecule has 6 rings (SSSR count). The third-order valence-electron chi connectivity index (χ3n) is 6.20. The lowest BCUT2D eigenvalue weighted by molar-refractivity contribution is -0.0145. The van der Waals surface area contributed by atoms with Gasteiger partial charge >= 0.3 is 0 Å². The summed E-state index contributed by atoms with van der Waals surface area (Å²) in [6.45, 7) is 0.912. The Bertz CT molecular complexity index is 1280. The molecule has 2 aromatic heterocycles. The summed E-state index contributed by atoms with van der Waals surface area (Å²) in [5, 5.41) is 0.538. The maximum Gasteiger partial charge on any atom is 0.296 e. The number of rotatable bonds is 5. The van der Waals surface area contributed by atoms with Crippen LogP contribution in [-0.2, 0) is 14.2 Å². The molecule has 2 saturated heterocycles. The number of fused-ring (bicyclic) bond motifs is 2. The number of hydrogen-bond donors (Lipinski definition) is 1. The lowest BCUT2D eigenvalue weighted by atomic mass is 10.0. The molecule has 0 aliphatic carbocycles. The number of aromatic amines is 1. The van der Waals surface area contributed by atoms with Gasteiger partial charge in [-0.3, -0.25) is 0 Å². The van der Waals surface area contributed by atoms with Crippen molar-refractivity contribution in [1.82, 2.24) is 15.0 Å². The third-order valence-corrected chi connectivity index (χ3v) is 6.49. The van der Waals surface area contributed by atoms with Gasteiger partial charge in [0.25, 0.3) is 6.01 Å². The number of benzene rings is 2. The maximum atomic E-state index is 6.57. The molecule has 33 heavy (non-hydrogen) atoms. The molecule has 0 unspecified atom stereocenters. The number of methoxy groups -OCH3 is 1. The van der Waals surface area contributed by atoms with Crippen LogP contribution in [0.2, 0.25) is 5.02 Å². The van der Waals surface area contributed by atoms with Crippen LogP contribution in [0.1, 0.15) is 0 Å². The summed E-state index contributed by atoms with van der Waals surface area (Å²) >= 11 is 6.57. The van der Waals surface area contributed by atoms with Crippen LogP contribution in [0.25, 0.3) is 33.5 Å². The number of nitrogens with zero attached hydrogens (tertiary/aromatic N) is 2. The zero-order valence-corrected chi connectivity index (χ0v) is 18.7. The van der Waals surface area contributed by atoms with Gasteiger partial charge in [-0.1, -0.05) is 66.2 Å². The highest BCUT2D eigenvalue weighted by Gasteiger charge is 2.49. The molecule has 2 aliphatic rings. The average molecular weight is 464 g/mol. The first-order valence-electron chi connectivity index (χ1n) is 10.8. The lowest BCUT2D eigenvalue weighted by Crippen LogP contribution is -2.35. The summed E-state index contributed by atoms with van der Waals surface area (Å²) in [5.41, 5.74) is 5.13. The second-order valence-electron chi connectivity index (χ2n) is 8.20. The molecule has 7 nitrogen and oxygen atoms in total. The smallest absolute Gasteiger partial charge is 0.296 e. The number of pyridine rings is 1. The molecule has 0 amide bonds. The topological polar surface area (TPSA) is 78.5 Å². The minimum atomic E-state index is -0.267. The first kappa shape index (κ1) is 20.6. The van der Waals surface area contributed by atoms with Gasteiger partial charge in [-0.25, -0.2) is 4.98 Å². The summed E-state index contributed by atoms with van der Waals surface area (Å²) in [4.78, 5) is 12.4. The predicted molar refractivity (Wildman–Crippen MR) is 124 cm³/mol. The molecule has 4 aromatic rings. The van der Waals surface area contributed by atoms with E-state index in [9.17, 15) is 0 Å². The van der Waals surface area contributed by atoms with Gasteiger partial charge in [0.05, 0.1) is 29.4 Å². The van der Waals surface area contributed by atoms with E-state index in [0.29, 0.717) is 41.1 Å². The van der Waals surface area contributed by atoms with Crippen molar-refractivity contribution >= 4 is 22.8 Å². The molecule has 2 aromatic carbocycles. The van der Waals surface area contributed by atoms with E-state index in [4.69, 9.17) is 35.5 Å². The van der Waals surface area contributed by atoms with Crippen LogP contribution in [0, 0.1) is 0 Å². The Morgan fingerprint density at radius 3 is 2.30 bits per heavy atom. The Morgan fingerprint density at radius 2 is 1.55 bits per heavy atom. The Kier molecular flexibility index (Phi) is 5.27. The van der Waals surface area contributed by atoms with E-state index >= 15 is 0 Å². The second kappa shape index (κ2) is 8.43. The van der Waals surface area contributed by atoms with E-state index in [-0.39, 0.29) is 24.4 Å². The van der Waals surface area contributed by atoms with Crippen LogP contribution < -0.4 is 4.74 Å². The highest BCUT2D eigenvalue weighted by molar-refractivity contribution is 6.33. The fourth-order valence-electron chi connectivity index (χ4n) is 4.48. The van der Waals surface area contributed by atoms with Crippen LogP contribution in [0.5, 0.6) is 6.01 Å². The molecule has 8 heteroatoms. The quantitative estimate of drug-likeness (QED) is 0.469. The number of halogens is 1. The molecule has 1 N–H and O–H groups in total. The van der Waals surface area contributed by atoms with Crippen LogP contribution >= 0.6 is 11.6 Å². The molecular formula is C25H22ClN3O4. The molecule has 0 bridgehead atoms. The van der Waals surface area contributed by atoms with Crippen molar-refractivity contribution in [2.75, 3.05) is 20.3 Å². The van der Waals surface area contributed by atoms with E-state index in [1.54, 1.807) is 7.11 Å². The van der Waals surface area contributed by atoms with Crippen molar-refractivity contribution in [1.29, 1.82) is 0 Å². The second-order valence-corrected chi connectivity index (χ2v) is 8.61. The van der Waals surface area contributed by atoms with Crippen molar-refractivity contribution in [3.05, 3.63) is 65.7 Å². The van der Waals surface area contributed by atoms with Gasteiger partial charge in [-0.05, 0) is 17.2 Å². The van der Waals surface area contributed by atoms with Gasteiger partial charge in [0.2, 0.25) is 0 Å². The fraction of sp³-hybridized carbons (Fsp3) is 0.280. The van der Waals surface area contributed by atoms with E-state index in [0.717, 1.165) is 16.7 Å². The van der Waals surface area contributed by atoms with E-state index in [2.05, 4.69) is 34.2 Å². The molecule has 4 atom stereocenters. The Morgan fingerprint density at radius 1 is 0.879 bits per heavy atom. The molecule has 4 heterocycles. The molecule has 0 spiro atoms. The van der Waals surface area contributed by atoms with Crippen molar-refractivity contribution in [3.63, 3.8) is 0 Å². The highest BCUT2D eigenvalue weighted by Crippen LogP contribution is 2.33. The minimum absolute atomic E-state index is 0.0735. The van der Waals surface area contributed by atoms with Crippen LogP contribution in [0.3, 0.4) is 0 Å². The minimum Gasteiger partial charge on any atom is -0.456 e. The zero-order chi connectivity index (χ0) is 22.4. The maximum absolute atomic E-state index is 6.57. The summed E-state index contributed by atoms with van der Waals surface area (Å²) < 4.78 is 23.1. The van der Waals surface area contributed by atoms with Crippen LogP contribution in [-0.4, -0.2) is 59.7 Å². The molecule has 0 saturated carbocycles. The largest absolute Gasteiger partial charge is 0.456 e. The Balaban J connectivity index is 1.24. The third kappa shape index (κ3) is 3.77. The first-order chi connectivity index (χ1) is 16.2. The van der Waals surface area contributed by atoms with Crippen molar-refractivity contribution < 1.29 is 18.9 Å². The van der Waals surface area contributed by atoms with Gasteiger partial charge < -0.3 is 23.9 Å². The number of H-pyrrole nitrogens is 1. The molecule has 2 aliphatic heterocycles. The number of imidazole rings is 1. The van der Waals surface area contributed by atoms with Crippen molar-refractivity contribution in [2.24, 2.45) is 0 Å². The summed E-state index contributed by atoms with van der Waals surface area (Å²) in [6, 6.07) is 20.6. The summed E-state index contributed by atoms with van der Waals surface area (Å²) in [6.07, 6.45) is -0.646. The zero-order valence-electron chi connectivity index (χ0n) is 17.9. The predicted octanol–water partition coefficient (Wildman–Crippen LogP) is 4.51. The molecule has 168 valence electrons. The Hall–Kier alpha value is -2.97. The number of ether oxygens (including phenoxy) is 4. The van der Waals surface area contributed by atoms with Crippen molar-refractivity contribution in [2.45, 2.75) is 24.4 Å². The Labute approximate surface area is 195 Å². The number of hydrogen-bond acceptors (Lipinski definition) is 6.